The summed E-state index contributed by atoms with van der Waals surface area (Å²) in [5, 5.41) is 2.77. The van der Waals surface area contributed by atoms with E-state index in [-0.39, 0.29) is 5.91 Å². The number of nitrogens with zero attached hydrogens (tertiary/aromatic N) is 4. The highest BCUT2D eigenvalue weighted by atomic mass is 16.1. The van der Waals surface area contributed by atoms with E-state index in [1.807, 2.05) is 17.7 Å². The summed E-state index contributed by atoms with van der Waals surface area (Å²) >= 11 is 0. The van der Waals surface area contributed by atoms with Crippen LogP contribution in [0.4, 0.5) is 0 Å². The Hall–Kier alpha value is -2.24. The van der Waals surface area contributed by atoms with Crippen LogP contribution in [0.2, 0.25) is 0 Å². The quantitative estimate of drug-likeness (QED) is 0.827. The molecule has 2 heterocycles. The molecule has 2 aromatic heterocycles. The van der Waals surface area contributed by atoms with Gasteiger partial charge >= 0.3 is 0 Å². The molecule has 0 fully saturated rings. The van der Waals surface area contributed by atoms with Gasteiger partial charge in [0.05, 0.1) is 18.2 Å². The zero-order valence-corrected chi connectivity index (χ0v) is 9.50. The highest BCUT2D eigenvalue weighted by molar-refractivity contribution is 5.91. The van der Waals surface area contributed by atoms with Gasteiger partial charge in [0.1, 0.15) is 5.69 Å². The van der Waals surface area contributed by atoms with Crippen molar-refractivity contribution in [3.05, 3.63) is 42.5 Å². The Morgan fingerprint density at radius 2 is 2.29 bits per heavy atom. The van der Waals surface area contributed by atoms with E-state index >= 15 is 0 Å². The van der Waals surface area contributed by atoms with Crippen molar-refractivity contribution in [3.8, 4) is 0 Å². The third kappa shape index (κ3) is 3.10. The molecule has 0 aliphatic rings. The number of imidazole rings is 1. The Morgan fingerprint density at radius 3 is 2.94 bits per heavy atom. The lowest BCUT2D eigenvalue weighted by molar-refractivity contribution is 0.0947. The van der Waals surface area contributed by atoms with Crippen LogP contribution in [0.5, 0.6) is 0 Å². The van der Waals surface area contributed by atoms with Gasteiger partial charge in [-0.2, -0.15) is 0 Å². The van der Waals surface area contributed by atoms with Crippen LogP contribution in [-0.2, 0) is 6.54 Å². The van der Waals surface area contributed by atoms with E-state index < -0.39 is 0 Å². The molecule has 2 aromatic rings. The van der Waals surface area contributed by atoms with Gasteiger partial charge in [-0.1, -0.05) is 0 Å². The van der Waals surface area contributed by atoms with Crippen LogP contribution in [0, 0.1) is 6.92 Å². The van der Waals surface area contributed by atoms with E-state index in [1.54, 1.807) is 18.7 Å². The summed E-state index contributed by atoms with van der Waals surface area (Å²) in [5.74, 6) is -0.211. The maximum absolute atomic E-state index is 11.6. The van der Waals surface area contributed by atoms with Crippen LogP contribution < -0.4 is 5.32 Å². The second-order valence-corrected chi connectivity index (χ2v) is 3.60. The van der Waals surface area contributed by atoms with Crippen molar-refractivity contribution in [2.45, 2.75) is 13.5 Å². The molecule has 88 valence electrons. The lowest BCUT2D eigenvalue weighted by Crippen LogP contribution is -2.27. The monoisotopic (exact) mass is 231 g/mol. The van der Waals surface area contributed by atoms with Crippen molar-refractivity contribution in [2.75, 3.05) is 6.54 Å². The van der Waals surface area contributed by atoms with Gasteiger partial charge < -0.3 is 9.88 Å². The largest absolute Gasteiger partial charge is 0.349 e. The van der Waals surface area contributed by atoms with Crippen LogP contribution in [0.1, 0.15) is 16.2 Å². The summed E-state index contributed by atoms with van der Waals surface area (Å²) in [6, 6.07) is 0. The van der Waals surface area contributed by atoms with Crippen LogP contribution in [0.15, 0.2) is 31.1 Å². The highest BCUT2D eigenvalue weighted by Gasteiger charge is 2.06. The molecule has 6 heteroatoms. The number of rotatable bonds is 4. The maximum Gasteiger partial charge on any atom is 0.271 e. The standard InChI is InChI=1S/C11H13N5O/c1-9-6-15-10(7-14-9)11(17)13-3-5-16-4-2-12-8-16/h2,4,6-8H,3,5H2,1H3,(H,13,17). The Balaban J connectivity index is 1.83. The second kappa shape index (κ2) is 5.20. The molecule has 0 saturated carbocycles. The smallest absolute Gasteiger partial charge is 0.271 e. The molecular weight excluding hydrogens is 218 g/mol. The molecule has 17 heavy (non-hydrogen) atoms. The van der Waals surface area contributed by atoms with Gasteiger partial charge in [0, 0.05) is 31.7 Å². The van der Waals surface area contributed by atoms with Gasteiger partial charge in [0.25, 0.3) is 5.91 Å². The van der Waals surface area contributed by atoms with E-state index in [9.17, 15) is 4.79 Å². The topological polar surface area (TPSA) is 72.7 Å². The zero-order valence-electron chi connectivity index (χ0n) is 9.50. The number of carbonyl (C=O) groups is 1. The molecule has 0 saturated heterocycles. The highest BCUT2D eigenvalue weighted by Crippen LogP contribution is 1.93. The number of carbonyl (C=O) groups excluding carboxylic acids is 1. The minimum Gasteiger partial charge on any atom is -0.349 e. The molecule has 6 nitrogen and oxygen atoms in total. The van der Waals surface area contributed by atoms with Crippen molar-refractivity contribution in [1.29, 1.82) is 0 Å². The SMILES string of the molecule is Cc1cnc(C(=O)NCCn2ccnc2)cn1. The molecule has 0 aliphatic carbocycles. The van der Waals surface area contributed by atoms with Crippen molar-refractivity contribution in [2.24, 2.45) is 0 Å². The molecule has 0 radical (unpaired) electrons. The van der Waals surface area contributed by atoms with Crippen molar-refractivity contribution in [3.63, 3.8) is 0 Å². The number of aromatic nitrogens is 4. The summed E-state index contributed by atoms with van der Waals surface area (Å²) in [6.07, 6.45) is 8.30. The molecule has 0 aromatic carbocycles. The number of hydrogen-bond acceptors (Lipinski definition) is 4. The number of hydrogen-bond donors (Lipinski definition) is 1. The molecule has 0 atom stereocenters. The molecule has 0 bridgehead atoms. The lowest BCUT2D eigenvalue weighted by atomic mass is 10.4. The first-order valence-corrected chi connectivity index (χ1v) is 5.28. The molecular formula is C11H13N5O. The van der Waals surface area contributed by atoms with E-state index in [1.165, 1.54) is 6.20 Å². The van der Waals surface area contributed by atoms with Crippen LogP contribution >= 0.6 is 0 Å². The summed E-state index contributed by atoms with van der Waals surface area (Å²) in [7, 11) is 0. The van der Waals surface area contributed by atoms with Gasteiger partial charge in [0.15, 0.2) is 0 Å². The molecule has 0 unspecified atom stereocenters. The van der Waals surface area contributed by atoms with Crippen molar-refractivity contribution >= 4 is 5.91 Å². The lowest BCUT2D eigenvalue weighted by Gasteiger charge is -2.04. The second-order valence-electron chi connectivity index (χ2n) is 3.60. The third-order valence-corrected chi connectivity index (χ3v) is 2.23. The first-order chi connectivity index (χ1) is 8.25. The Labute approximate surface area is 98.7 Å². The molecule has 0 aliphatic heterocycles. The zero-order chi connectivity index (χ0) is 12.1. The fourth-order valence-electron chi connectivity index (χ4n) is 1.32. The first-order valence-electron chi connectivity index (χ1n) is 5.28. The van der Waals surface area contributed by atoms with Gasteiger partial charge in [-0.3, -0.25) is 9.78 Å². The summed E-state index contributed by atoms with van der Waals surface area (Å²) in [5.41, 5.74) is 1.13. The van der Waals surface area contributed by atoms with Crippen molar-refractivity contribution < 1.29 is 4.79 Å². The molecule has 1 N–H and O–H groups in total. The predicted octanol–water partition coefficient (Wildman–Crippen LogP) is 0.412. The summed E-state index contributed by atoms with van der Waals surface area (Å²) in [6.45, 7) is 3.05. The normalized spacial score (nSPS) is 10.2. The first kappa shape index (κ1) is 11.3. The van der Waals surface area contributed by atoms with Gasteiger partial charge in [-0.25, -0.2) is 9.97 Å². The Kier molecular flexibility index (Phi) is 3.44. The number of aryl methyl sites for hydroxylation is 1. The fourth-order valence-corrected chi connectivity index (χ4v) is 1.32. The predicted molar refractivity (Wildman–Crippen MR) is 61.3 cm³/mol. The number of amides is 1. The fraction of sp³-hybridized carbons (Fsp3) is 0.273. The van der Waals surface area contributed by atoms with Crippen molar-refractivity contribution in [1.82, 2.24) is 24.8 Å². The van der Waals surface area contributed by atoms with E-state index in [0.717, 1.165) is 5.69 Å². The Bertz CT molecular complexity index is 477. The average molecular weight is 231 g/mol. The molecule has 0 spiro atoms. The van der Waals surface area contributed by atoms with Gasteiger partial charge in [-0.15, -0.1) is 0 Å². The average Bonchev–Trinajstić information content (AvgIpc) is 2.83. The summed E-state index contributed by atoms with van der Waals surface area (Å²) < 4.78 is 1.89. The maximum atomic E-state index is 11.6. The Morgan fingerprint density at radius 1 is 1.41 bits per heavy atom. The van der Waals surface area contributed by atoms with Crippen LogP contribution in [0.25, 0.3) is 0 Å². The third-order valence-electron chi connectivity index (χ3n) is 2.23. The summed E-state index contributed by atoms with van der Waals surface area (Å²) in [4.78, 5) is 23.6. The number of nitrogens with one attached hydrogen (secondary N) is 1. The minimum atomic E-state index is -0.211. The molecule has 1 amide bonds. The van der Waals surface area contributed by atoms with Crippen LogP contribution in [0.3, 0.4) is 0 Å². The van der Waals surface area contributed by atoms with E-state index in [0.29, 0.717) is 18.8 Å². The van der Waals surface area contributed by atoms with E-state index in [4.69, 9.17) is 0 Å². The van der Waals surface area contributed by atoms with Gasteiger partial charge in [0.2, 0.25) is 0 Å². The van der Waals surface area contributed by atoms with E-state index in [2.05, 4.69) is 20.3 Å². The molecule has 2 rings (SSSR count). The van der Waals surface area contributed by atoms with Gasteiger partial charge in [-0.05, 0) is 6.92 Å². The van der Waals surface area contributed by atoms with Crippen LogP contribution in [-0.4, -0.2) is 32.0 Å². The minimum absolute atomic E-state index is 0.211.